The van der Waals surface area contributed by atoms with Crippen molar-refractivity contribution in [1.29, 1.82) is 5.26 Å². The van der Waals surface area contributed by atoms with Gasteiger partial charge in [0, 0.05) is 49.1 Å². The van der Waals surface area contributed by atoms with Gasteiger partial charge in [-0.05, 0) is 80.0 Å². The minimum absolute atomic E-state index is 0.0248. The highest BCUT2D eigenvalue weighted by Gasteiger charge is 2.47. The summed E-state index contributed by atoms with van der Waals surface area (Å²) in [4.78, 5) is 45.9. The Morgan fingerprint density at radius 2 is 1.85 bits per heavy atom. The van der Waals surface area contributed by atoms with E-state index in [9.17, 15) is 28.4 Å². The minimum atomic E-state index is -3.04. The number of pyridine rings is 2. The van der Waals surface area contributed by atoms with Gasteiger partial charge in [-0.2, -0.15) is 5.26 Å². The summed E-state index contributed by atoms with van der Waals surface area (Å²) in [7, 11) is 0. The number of amides is 2. The monoisotopic (exact) mass is 646 g/mol. The van der Waals surface area contributed by atoms with E-state index in [1.807, 2.05) is 6.07 Å². The van der Waals surface area contributed by atoms with Crippen molar-refractivity contribution in [2.24, 2.45) is 0 Å². The van der Waals surface area contributed by atoms with E-state index in [4.69, 9.17) is 4.74 Å². The second-order valence-corrected chi connectivity index (χ2v) is 12.9. The number of carbonyl (C=O) groups is 2. The Labute approximate surface area is 268 Å². The average molecular weight is 647 g/mol. The smallest absolute Gasteiger partial charge is 0.282 e. The van der Waals surface area contributed by atoms with Crippen LogP contribution in [0.4, 0.5) is 19.0 Å². The summed E-state index contributed by atoms with van der Waals surface area (Å²) in [5, 5.41) is 15.5. The summed E-state index contributed by atoms with van der Waals surface area (Å²) in [5.41, 5.74) is 0.465. The van der Waals surface area contributed by atoms with Gasteiger partial charge in [0.15, 0.2) is 0 Å². The summed E-state index contributed by atoms with van der Waals surface area (Å²) in [5.74, 6) is -5.35. The predicted octanol–water partition coefficient (Wildman–Crippen LogP) is 4.75. The number of benzene rings is 1. The molecule has 2 aliphatic heterocycles. The lowest BCUT2D eigenvalue weighted by Gasteiger charge is -2.39. The summed E-state index contributed by atoms with van der Waals surface area (Å²) >= 11 is 0. The second-order valence-electron chi connectivity index (χ2n) is 12.9. The molecule has 13 heteroatoms. The Kier molecular flexibility index (Phi) is 8.09. The molecule has 10 nitrogen and oxygen atoms in total. The number of aromatic nitrogens is 2. The fraction of sp³-hybridized carbons (Fsp3) is 0.441. The number of hydrogen-bond acceptors (Lipinski definition) is 7. The number of likely N-dealkylation sites (tertiary alicyclic amines) is 1. The van der Waals surface area contributed by atoms with Crippen molar-refractivity contribution < 1.29 is 27.5 Å². The molecule has 1 atom stereocenters. The van der Waals surface area contributed by atoms with Gasteiger partial charge in [0.25, 0.3) is 23.3 Å². The van der Waals surface area contributed by atoms with Crippen LogP contribution in [0.1, 0.15) is 88.0 Å². The summed E-state index contributed by atoms with van der Waals surface area (Å²) in [6.45, 7) is 0.214. The van der Waals surface area contributed by atoms with Gasteiger partial charge in [-0.3, -0.25) is 14.4 Å². The van der Waals surface area contributed by atoms with Gasteiger partial charge >= 0.3 is 0 Å². The first-order valence-corrected chi connectivity index (χ1v) is 15.9. The van der Waals surface area contributed by atoms with Crippen LogP contribution in [0.5, 0.6) is 0 Å². The van der Waals surface area contributed by atoms with Crippen LogP contribution in [-0.4, -0.2) is 64.5 Å². The zero-order chi connectivity index (χ0) is 32.9. The predicted molar refractivity (Wildman–Crippen MR) is 165 cm³/mol. The number of hydrogen-bond donors (Lipinski definition) is 2. The van der Waals surface area contributed by atoms with Crippen molar-refractivity contribution in [2.75, 3.05) is 31.6 Å². The van der Waals surface area contributed by atoms with Gasteiger partial charge in [0.2, 0.25) is 0 Å². The largest absolute Gasteiger partial charge is 0.377 e. The highest BCUT2D eigenvalue weighted by atomic mass is 19.3. The molecule has 3 aromatic rings. The van der Waals surface area contributed by atoms with Crippen LogP contribution in [0.2, 0.25) is 0 Å². The quantitative estimate of drug-likeness (QED) is 0.326. The van der Waals surface area contributed by atoms with E-state index in [2.05, 4.69) is 15.6 Å². The summed E-state index contributed by atoms with van der Waals surface area (Å²) < 4.78 is 50.2. The lowest BCUT2D eigenvalue weighted by Crippen LogP contribution is -2.58. The Balaban J connectivity index is 1.21. The van der Waals surface area contributed by atoms with E-state index in [0.29, 0.717) is 18.8 Å². The standard InChI is InChI=1S/C34H33F3N6O4/c35-27-10-19(13-38)8-25(32(45)42-17-34(36,37)18-42)30(27)22-11-28(21-3-4-21)40-29(12-22)41-31(44)26-9-20(14-39-15-24-2-1-7-47-24)16-43(33(26)46)23-5-6-23/h8-12,16,21,23-24,39H,1-7,14-15,17-18H2,(H,40,41,44). The molecular formula is C34H33F3N6O4. The number of rotatable bonds is 10. The van der Waals surface area contributed by atoms with Crippen molar-refractivity contribution in [3.8, 4) is 17.2 Å². The van der Waals surface area contributed by atoms with E-state index in [-0.39, 0.29) is 51.7 Å². The molecule has 0 radical (unpaired) electrons. The van der Waals surface area contributed by atoms with Crippen LogP contribution in [-0.2, 0) is 11.3 Å². The van der Waals surface area contributed by atoms with E-state index in [1.165, 1.54) is 12.1 Å². The second kappa shape index (κ2) is 12.2. The molecule has 1 aromatic carbocycles. The number of anilines is 1. The average Bonchev–Trinajstić information content (AvgIpc) is 3.98. The molecule has 0 spiro atoms. The highest BCUT2D eigenvalue weighted by molar-refractivity contribution is 6.05. The highest BCUT2D eigenvalue weighted by Crippen LogP contribution is 2.42. The van der Waals surface area contributed by atoms with Gasteiger partial charge in [-0.1, -0.05) is 0 Å². The van der Waals surface area contributed by atoms with Crippen LogP contribution >= 0.6 is 0 Å². The molecule has 2 amide bonds. The number of alkyl halides is 2. The Morgan fingerprint density at radius 1 is 1.06 bits per heavy atom. The summed E-state index contributed by atoms with van der Waals surface area (Å²) in [6.07, 6.45) is 7.24. The SMILES string of the molecule is N#Cc1cc(F)c(-c2cc(NC(=O)c3cc(CNCC4CCCO4)cn(C4CC4)c3=O)nc(C3CC3)c2)c(C(=O)N2CC(F)(F)C2)c1. The maximum absolute atomic E-state index is 15.7. The molecule has 2 aromatic heterocycles. The van der Waals surface area contributed by atoms with Gasteiger partial charge in [-0.15, -0.1) is 0 Å². The number of nitriles is 1. The topological polar surface area (TPSA) is 129 Å². The Hall–Kier alpha value is -4.54. The third-order valence-corrected chi connectivity index (χ3v) is 8.96. The first-order valence-electron chi connectivity index (χ1n) is 15.9. The molecule has 4 fully saturated rings. The molecule has 0 bridgehead atoms. The molecule has 4 aliphatic rings. The van der Waals surface area contributed by atoms with E-state index >= 15 is 4.39 Å². The minimum Gasteiger partial charge on any atom is -0.377 e. The molecule has 4 heterocycles. The first-order chi connectivity index (χ1) is 22.6. The van der Waals surface area contributed by atoms with Gasteiger partial charge in [-0.25, -0.2) is 18.2 Å². The van der Waals surface area contributed by atoms with Crippen LogP contribution in [0, 0.1) is 17.1 Å². The lowest BCUT2D eigenvalue weighted by atomic mass is 9.94. The number of halogens is 3. The zero-order valence-corrected chi connectivity index (χ0v) is 25.5. The van der Waals surface area contributed by atoms with Crippen LogP contribution < -0.4 is 16.2 Å². The van der Waals surface area contributed by atoms with Crippen LogP contribution in [0.3, 0.4) is 0 Å². The number of nitrogens with one attached hydrogen (secondary N) is 2. The van der Waals surface area contributed by atoms with Crippen molar-refractivity contribution in [3.63, 3.8) is 0 Å². The van der Waals surface area contributed by atoms with Crippen LogP contribution in [0.15, 0.2) is 41.3 Å². The maximum atomic E-state index is 15.7. The van der Waals surface area contributed by atoms with Gasteiger partial charge in [0.05, 0.1) is 36.4 Å². The fourth-order valence-corrected chi connectivity index (χ4v) is 6.22. The van der Waals surface area contributed by atoms with Crippen molar-refractivity contribution in [1.82, 2.24) is 19.8 Å². The van der Waals surface area contributed by atoms with Crippen molar-refractivity contribution in [2.45, 2.75) is 69.1 Å². The molecule has 2 aliphatic carbocycles. The third kappa shape index (κ3) is 6.66. The van der Waals surface area contributed by atoms with Gasteiger partial charge in [0.1, 0.15) is 17.2 Å². The number of ether oxygens (including phenoxy) is 1. The third-order valence-electron chi connectivity index (χ3n) is 8.96. The lowest BCUT2D eigenvalue weighted by molar-refractivity contribution is -0.113. The van der Waals surface area contributed by atoms with E-state index in [0.717, 1.165) is 61.7 Å². The first kappa shape index (κ1) is 31.1. The fourth-order valence-electron chi connectivity index (χ4n) is 6.22. The molecule has 2 N–H and O–H groups in total. The van der Waals surface area contributed by atoms with Crippen LogP contribution in [0.25, 0.3) is 11.1 Å². The number of nitrogens with zero attached hydrogens (tertiary/aromatic N) is 4. The zero-order valence-electron chi connectivity index (χ0n) is 25.5. The molecule has 244 valence electrons. The Bertz CT molecular complexity index is 1850. The Morgan fingerprint density at radius 3 is 2.51 bits per heavy atom. The van der Waals surface area contributed by atoms with Crippen molar-refractivity contribution in [3.05, 3.63) is 80.6 Å². The van der Waals surface area contributed by atoms with Crippen molar-refractivity contribution >= 4 is 17.6 Å². The number of carbonyl (C=O) groups excluding carboxylic acids is 2. The molecule has 7 rings (SSSR count). The van der Waals surface area contributed by atoms with E-state index in [1.54, 1.807) is 22.9 Å². The molecule has 47 heavy (non-hydrogen) atoms. The normalized spacial score (nSPS) is 20.0. The van der Waals surface area contributed by atoms with E-state index < -0.39 is 42.2 Å². The maximum Gasteiger partial charge on any atom is 0.282 e. The molecular weight excluding hydrogens is 613 g/mol. The molecule has 2 saturated heterocycles. The summed E-state index contributed by atoms with van der Waals surface area (Å²) in [6, 6.07) is 8.56. The van der Waals surface area contributed by atoms with Gasteiger partial charge < -0.3 is 24.8 Å². The molecule has 2 saturated carbocycles. The molecule has 1 unspecified atom stereocenters.